The van der Waals surface area contributed by atoms with Gasteiger partial charge in [0.1, 0.15) is 0 Å². The zero-order valence-corrected chi connectivity index (χ0v) is 20.6. The molecule has 0 spiro atoms. The topological polar surface area (TPSA) is 74.8 Å². The number of halogens is 6. The molecule has 0 unspecified atom stereocenters. The van der Waals surface area contributed by atoms with Crippen LogP contribution in [0.25, 0.3) is 0 Å². The van der Waals surface area contributed by atoms with Crippen molar-refractivity contribution in [2.24, 2.45) is 11.3 Å². The van der Waals surface area contributed by atoms with Crippen molar-refractivity contribution in [1.29, 1.82) is 0 Å². The van der Waals surface area contributed by atoms with Crippen LogP contribution in [0.5, 0.6) is 0 Å². The molecule has 1 saturated heterocycles. The van der Waals surface area contributed by atoms with E-state index >= 15 is 0 Å². The zero-order chi connectivity index (χ0) is 27.2. The molecule has 1 aliphatic carbocycles. The first kappa shape index (κ1) is 27.5. The maximum absolute atomic E-state index is 13.8. The van der Waals surface area contributed by atoms with Crippen molar-refractivity contribution < 1.29 is 40.7 Å². The molecule has 37 heavy (non-hydrogen) atoms. The molecule has 0 radical (unpaired) electrons. The van der Waals surface area contributed by atoms with Crippen LogP contribution in [0, 0.1) is 11.3 Å². The molecule has 1 saturated carbocycles. The first-order chi connectivity index (χ1) is 17.2. The van der Waals surface area contributed by atoms with Gasteiger partial charge in [0.05, 0.1) is 22.4 Å². The van der Waals surface area contributed by atoms with Gasteiger partial charge in [0.2, 0.25) is 5.91 Å². The molecule has 7 nitrogen and oxygen atoms in total. The van der Waals surface area contributed by atoms with Gasteiger partial charge >= 0.3 is 18.3 Å². The average Bonchev–Trinajstić information content (AvgIpc) is 3.29. The summed E-state index contributed by atoms with van der Waals surface area (Å²) in [6, 6.07) is -0.534. The minimum atomic E-state index is -5.05. The number of hydrazine groups is 1. The summed E-state index contributed by atoms with van der Waals surface area (Å²) in [5.41, 5.74) is 1.19. The third-order valence-corrected chi connectivity index (χ3v) is 7.88. The summed E-state index contributed by atoms with van der Waals surface area (Å²) >= 11 is 0. The van der Waals surface area contributed by atoms with Crippen molar-refractivity contribution in [3.63, 3.8) is 0 Å². The molecule has 2 fully saturated rings. The van der Waals surface area contributed by atoms with Crippen LogP contribution in [0.3, 0.4) is 0 Å². The van der Waals surface area contributed by atoms with Gasteiger partial charge in [-0.3, -0.25) is 25.0 Å². The molecule has 3 aliphatic rings. The van der Waals surface area contributed by atoms with Gasteiger partial charge in [0.25, 0.3) is 0 Å². The standard InChI is InChI=1S/C24H30F6N4O3/c1-14(2)22(20(35)33-8-4-18-19(32-33)11-15(13-31-18)23(25,26)27)7-3-17(12-22)34(21(36)24(28,29)30)16-5-9-37-10-6-16/h11,13-14,16-17,32H,3-10,12H2,1-2H3/t17-,22+/m1/s1. The molecule has 2 atom stereocenters. The van der Waals surface area contributed by atoms with Crippen LogP contribution < -0.4 is 5.43 Å². The highest BCUT2D eigenvalue weighted by Gasteiger charge is 2.55. The van der Waals surface area contributed by atoms with Crippen molar-refractivity contribution in [3.05, 3.63) is 23.5 Å². The van der Waals surface area contributed by atoms with E-state index in [-0.39, 0.29) is 69.9 Å². The SMILES string of the molecule is CC(C)[C@]1(C(=O)N2CCc3ncc(C(F)(F)F)cc3N2)CC[C@@H](N(C(=O)C(F)(F)F)C2CCOCC2)C1. The first-order valence-corrected chi connectivity index (χ1v) is 12.4. The minimum Gasteiger partial charge on any atom is -0.381 e. The number of rotatable bonds is 4. The molecule has 206 valence electrons. The van der Waals surface area contributed by atoms with E-state index in [2.05, 4.69) is 10.4 Å². The van der Waals surface area contributed by atoms with Crippen molar-refractivity contribution in [1.82, 2.24) is 14.9 Å². The summed E-state index contributed by atoms with van der Waals surface area (Å²) in [4.78, 5) is 31.1. The molecule has 1 aromatic heterocycles. The number of alkyl halides is 6. The zero-order valence-electron chi connectivity index (χ0n) is 20.6. The fourth-order valence-corrected chi connectivity index (χ4v) is 5.78. The van der Waals surface area contributed by atoms with Crippen molar-refractivity contribution >= 4 is 17.5 Å². The van der Waals surface area contributed by atoms with Gasteiger partial charge in [-0.25, -0.2) is 0 Å². The molecule has 2 aliphatic heterocycles. The van der Waals surface area contributed by atoms with Crippen LogP contribution >= 0.6 is 0 Å². The van der Waals surface area contributed by atoms with Gasteiger partial charge in [-0.15, -0.1) is 0 Å². The Morgan fingerprint density at radius 3 is 2.41 bits per heavy atom. The van der Waals surface area contributed by atoms with E-state index in [4.69, 9.17) is 4.74 Å². The highest BCUT2D eigenvalue weighted by molar-refractivity contribution is 5.86. The molecule has 1 aromatic rings. The lowest BCUT2D eigenvalue weighted by molar-refractivity contribution is -0.192. The number of anilines is 1. The van der Waals surface area contributed by atoms with Gasteiger partial charge in [0, 0.05) is 44.5 Å². The number of carbonyl (C=O) groups excluding carboxylic acids is 2. The molecule has 13 heteroatoms. The number of amides is 2. The van der Waals surface area contributed by atoms with E-state index < -0.39 is 47.2 Å². The predicted octanol–water partition coefficient (Wildman–Crippen LogP) is 4.58. The molecule has 1 N–H and O–H groups in total. The van der Waals surface area contributed by atoms with E-state index in [0.29, 0.717) is 5.69 Å². The van der Waals surface area contributed by atoms with Gasteiger partial charge in [-0.05, 0) is 44.1 Å². The molecule has 3 heterocycles. The van der Waals surface area contributed by atoms with E-state index in [1.54, 1.807) is 13.8 Å². The molecular weight excluding hydrogens is 506 g/mol. The Labute approximate surface area is 210 Å². The van der Waals surface area contributed by atoms with Gasteiger partial charge in [-0.2, -0.15) is 26.3 Å². The maximum Gasteiger partial charge on any atom is 0.471 e. The third kappa shape index (κ3) is 5.37. The average molecular weight is 537 g/mol. The van der Waals surface area contributed by atoms with Crippen molar-refractivity contribution in [2.45, 2.75) is 76.8 Å². The Morgan fingerprint density at radius 1 is 1.14 bits per heavy atom. The summed E-state index contributed by atoms with van der Waals surface area (Å²) in [6.07, 6.45) is -7.62. The lowest BCUT2D eigenvalue weighted by Crippen LogP contribution is -2.55. The maximum atomic E-state index is 13.8. The predicted molar refractivity (Wildman–Crippen MR) is 120 cm³/mol. The normalized spacial score (nSPS) is 25.1. The summed E-state index contributed by atoms with van der Waals surface area (Å²) < 4.78 is 85.5. The number of aromatic nitrogens is 1. The number of hydrogen-bond acceptors (Lipinski definition) is 5. The number of fused-ring (bicyclic) bond motifs is 1. The van der Waals surface area contributed by atoms with Gasteiger partial charge in [-0.1, -0.05) is 13.8 Å². The smallest absolute Gasteiger partial charge is 0.381 e. The molecule has 0 aromatic carbocycles. The Kier molecular flexibility index (Phi) is 7.39. The van der Waals surface area contributed by atoms with Crippen LogP contribution in [0.4, 0.5) is 32.0 Å². The van der Waals surface area contributed by atoms with Gasteiger partial charge in [0.15, 0.2) is 0 Å². The molecule has 0 bridgehead atoms. The van der Waals surface area contributed by atoms with Crippen molar-refractivity contribution in [2.75, 3.05) is 25.2 Å². The van der Waals surface area contributed by atoms with E-state index in [1.165, 1.54) is 5.01 Å². The van der Waals surface area contributed by atoms with Crippen LogP contribution in [0.1, 0.15) is 57.2 Å². The molecule has 4 rings (SSSR count). The fraction of sp³-hybridized carbons (Fsp3) is 0.708. The summed E-state index contributed by atoms with van der Waals surface area (Å²) in [6.45, 7) is 4.24. The Morgan fingerprint density at radius 2 is 1.81 bits per heavy atom. The summed E-state index contributed by atoms with van der Waals surface area (Å²) in [5, 5.41) is 1.25. The van der Waals surface area contributed by atoms with Gasteiger partial charge < -0.3 is 9.64 Å². The van der Waals surface area contributed by atoms with Crippen LogP contribution in [0.2, 0.25) is 0 Å². The first-order valence-electron chi connectivity index (χ1n) is 12.4. The number of hydrogen-bond donors (Lipinski definition) is 1. The van der Waals surface area contributed by atoms with E-state index in [1.807, 2.05) is 0 Å². The Hall–Kier alpha value is -2.57. The third-order valence-electron chi connectivity index (χ3n) is 7.88. The summed E-state index contributed by atoms with van der Waals surface area (Å²) in [5.74, 6) is -2.60. The number of carbonyl (C=O) groups is 2. The summed E-state index contributed by atoms with van der Waals surface area (Å²) in [7, 11) is 0. The number of pyridine rings is 1. The highest BCUT2D eigenvalue weighted by atomic mass is 19.4. The van der Waals surface area contributed by atoms with Crippen LogP contribution in [-0.2, 0) is 26.9 Å². The fourth-order valence-electron chi connectivity index (χ4n) is 5.78. The van der Waals surface area contributed by atoms with Crippen molar-refractivity contribution in [3.8, 4) is 0 Å². The van der Waals surface area contributed by atoms with E-state index in [0.717, 1.165) is 17.2 Å². The number of nitrogens with zero attached hydrogens (tertiary/aromatic N) is 3. The lowest BCUT2D eigenvalue weighted by Gasteiger charge is -2.42. The Balaban J connectivity index is 1.58. The Bertz CT molecular complexity index is 1020. The lowest BCUT2D eigenvalue weighted by atomic mass is 9.74. The second-order valence-electron chi connectivity index (χ2n) is 10.3. The minimum absolute atomic E-state index is 0.0363. The molecule has 2 amide bonds. The monoisotopic (exact) mass is 536 g/mol. The number of ether oxygens (including phenoxy) is 1. The largest absolute Gasteiger partial charge is 0.471 e. The highest BCUT2D eigenvalue weighted by Crippen LogP contribution is 2.49. The number of nitrogens with one attached hydrogen (secondary N) is 1. The van der Waals surface area contributed by atoms with E-state index in [9.17, 15) is 35.9 Å². The quantitative estimate of drug-likeness (QED) is 0.571. The van der Waals surface area contributed by atoms with Crippen LogP contribution in [-0.4, -0.2) is 64.7 Å². The molecular formula is C24H30F6N4O3. The second-order valence-corrected chi connectivity index (χ2v) is 10.3. The van der Waals surface area contributed by atoms with Crippen LogP contribution in [0.15, 0.2) is 12.3 Å². The second kappa shape index (κ2) is 9.95.